The molecule has 84 valence electrons. The van der Waals surface area contributed by atoms with E-state index < -0.39 is 5.82 Å². The molecule has 1 heterocycles. The third-order valence-corrected chi connectivity index (χ3v) is 2.41. The molecule has 4 nitrogen and oxygen atoms in total. The lowest BCUT2D eigenvalue weighted by Crippen LogP contribution is -2.04. The standard InChI is InChI=1S/C10H9ClFN3O/c1-16-8-2-3-9(12)10(4-8)15-7(5-11)6-13-14-15/h2-4,6H,5H2,1H3. The van der Waals surface area contributed by atoms with Gasteiger partial charge in [0.25, 0.3) is 0 Å². The van der Waals surface area contributed by atoms with Gasteiger partial charge in [-0.3, -0.25) is 0 Å². The molecule has 0 radical (unpaired) electrons. The number of rotatable bonds is 3. The molecule has 0 spiro atoms. The van der Waals surface area contributed by atoms with E-state index in [1.807, 2.05) is 0 Å². The summed E-state index contributed by atoms with van der Waals surface area (Å²) in [6, 6.07) is 4.39. The zero-order valence-corrected chi connectivity index (χ0v) is 9.28. The first-order chi connectivity index (χ1) is 7.76. The quantitative estimate of drug-likeness (QED) is 0.773. The van der Waals surface area contributed by atoms with Crippen molar-refractivity contribution in [3.8, 4) is 11.4 Å². The van der Waals surface area contributed by atoms with E-state index in [2.05, 4.69) is 10.3 Å². The molecule has 0 aliphatic heterocycles. The van der Waals surface area contributed by atoms with Crippen LogP contribution in [-0.2, 0) is 5.88 Å². The number of hydrogen-bond donors (Lipinski definition) is 0. The Labute approximate surface area is 96.6 Å². The number of alkyl halides is 1. The van der Waals surface area contributed by atoms with E-state index in [1.165, 1.54) is 30.1 Å². The summed E-state index contributed by atoms with van der Waals surface area (Å²) in [7, 11) is 1.51. The molecule has 2 rings (SSSR count). The molecule has 0 N–H and O–H groups in total. The minimum absolute atomic E-state index is 0.212. The average Bonchev–Trinajstić information content (AvgIpc) is 2.77. The highest BCUT2D eigenvalue weighted by Gasteiger charge is 2.11. The number of methoxy groups -OCH3 is 1. The summed E-state index contributed by atoms with van der Waals surface area (Å²) in [4.78, 5) is 0. The maximum Gasteiger partial charge on any atom is 0.149 e. The lowest BCUT2D eigenvalue weighted by atomic mass is 10.3. The molecule has 16 heavy (non-hydrogen) atoms. The fourth-order valence-electron chi connectivity index (χ4n) is 1.33. The monoisotopic (exact) mass is 241 g/mol. The second kappa shape index (κ2) is 4.49. The predicted molar refractivity (Wildman–Crippen MR) is 57.4 cm³/mol. The maximum absolute atomic E-state index is 13.6. The van der Waals surface area contributed by atoms with Gasteiger partial charge in [-0.2, -0.15) is 0 Å². The Morgan fingerprint density at radius 3 is 3.00 bits per heavy atom. The van der Waals surface area contributed by atoms with Crippen LogP contribution in [0.5, 0.6) is 5.75 Å². The molecule has 0 atom stereocenters. The van der Waals surface area contributed by atoms with Gasteiger partial charge in [-0.25, -0.2) is 9.07 Å². The van der Waals surface area contributed by atoms with Gasteiger partial charge in [-0.1, -0.05) is 5.21 Å². The Kier molecular flexibility index (Phi) is 3.05. The van der Waals surface area contributed by atoms with Crippen molar-refractivity contribution in [2.45, 2.75) is 5.88 Å². The first kappa shape index (κ1) is 10.9. The molecule has 0 saturated heterocycles. The van der Waals surface area contributed by atoms with Crippen molar-refractivity contribution in [2.24, 2.45) is 0 Å². The minimum atomic E-state index is -0.405. The van der Waals surface area contributed by atoms with Crippen molar-refractivity contribution < 1.29 is 9.13 Å². The van der Waals surface area contributed by atoms with Crippen LogP contribution in [0.15, 0.2) is 24.4 Å². The van der Waals surface area contributed by atoms with Gasteiger partial charge in [-0.05, 0) is 12.1 Å². The van der Waals surface area contributed by atoms with Crippen LogP contribution in [0, 0.1) is 5.82 Å². The van der Waals surface area contributed by atoms with Crippen LogP contribution in [-0.4, -0.2) is 22.1 Å². The molecule has 0 saturated carbocycles. The number of halogens is 2. The molecule has 1 aromatic carbocycles. The van der Waals surface area contributed by atoms with Gasteiger partial charge in [0.15, 0.2) is 0 Å². The Bertz CT molecular complexity index is 501. The lowest BCUT2D eigenvalue weighted by Gasteiger charge is -2.07. The molecule has 0 aliphatic rings. The minimum Gasteiger partial charge on any atom is -0.497 e. The van der Waals surface area contributed by atoms with Crippen molar-refractivity contribution in [3.05, 3.63) is 35.9 Å². The van der Waals surface area contributed by atoms with E-state index in [1.54, 1.807) is 6.07 Å². The third-order valence-electron chi connectivity index (χ3n) is 2.14. The molecule has 0 amide bonds. The van der Waals surface area contributed by atoms with Crippen LogP contribution in [0.1, 0.15) is 5.69 Å². The van der Waals surface area contributed by atoms with Gasteiger partial charge in [0.2, 0.25) is 0 Å². The first-order valence-electron chi connectivity index (χ1n) is 4.55. The molecule has 0 bridgehead atoms. The molecular formula is C10H9ClFN3O. The third kappa shape index (κ3) is 1.86. The van der Waals surface area contributed by atoms with Gasteiger partial charge in [0, 0.05) is 6.07 Å². The predicted octanol–water partition coefficient (Wildman–Crippen LogP) is 2.15. The second-order valence-corrected chi connectivity index (χ2v) is 3.36. The Balaban J connectivity index is 2.54. The highest BCUT2D eigenvalue weighted by atomic mass is 35.5. The smallest absolute Gasteiger partial charge is 0.149 e. The molecule has 2 aromatic rings. The molecule has 0 fully saturated rings. The molecular weight excluding hydrogens is 233 g/mol. The second-order valence-electron chi connectivity index (χ2n) is 3.09. The number of benzene rings is 1. The first-order valence-corrected chi connectivity index (χ1v) is 5.09. The normalized spacial score (nSPS) is 10.4. The fourth-order valence-corrected chi connectivity index (χ4v) is 1.51. The van der Waals surface area contributed by atoms with Crippen LogP contribution < -0.4 is 4.74 Å². The van der Waals surface area contributed by atoms with Gasteiger partial charge >= 0.3 is 0 Å². The summed E-state index contributed by atoms with van der Waals surface area (Å²) in [5.41, 5.74) is 0.890. The lowest BCUT2D eigenvalue weighted by molar-refractivity contribution is 0.413. The Morgan fingerprint density at radius 1 is 1.50 bits per heavy atom. The van der Waals surface area contributed by atoms with Crippen LogP contribution in [0.2, 0.25) is 0 Å². The number of hydrogen-bond acceptors (Lipinski definition) is 3. The zero-order valence-electron chi connectivity index (χ0n) is 8.52. The Morgan fingerprint density at radius 2 is 2.31 bits per heavy atom. The topological polar surface area (TPSA) is 39.9 Å². The van der Waals surface area contributed by atoms with Crippen LogP contribution >= 0.6 is 11.6 Å². The van der Waals surface area contributed by atoms with Crippen LogP contribution in [0.3, 0.4) is 0 Å². The highest BCUT2D eigenvalue weighted by Crippen LogP contribution is 2.21. The van der Waals surface area contributed by atoms with Crippen molar-refractivity contribution in [3.63, 3.8) is 0 Å². The summed E-state index contributed by atoms with van der Waals surface area (Å²) < 4.78 is 20.0. The number of ether oxygens (including phenoxy) is 1. The van der Waals surface area contributed by atoms with Gasteiger partial charge in [0.1, 0.15) is 17.3 Å². The van der Waals surface area contributed by atoms with Crippen molar-refractivity contribution in [1.82, 2.24) is 15.0 Å². The summed E-state index contributed by atoms with van der Waals surface area (Å²) in [5.74, 6) is 0.356. The maximum atomic E-state index is 13.6. The van der Waals surface area contributed by atoms with Gasteiger partial charge in [0.05, 0.1) is 24.9 Å². The van der Waals surface area contributed by atoms with Crippen molar-refractivity contribution in [1.29, 1.82) is 0 Å². The summed E-state index contributed by atoms with van der Waals surface area (Å²) in [6.07, 6.45) is 1.49. The van der Waals surface area contributed by atoms with E-state index >= 15 is 0 Å². The molecule has 0 unspecified atom stereocenters. The van der Waals surface area contributed by atoms with Gasteiger partial charge in [-0.15, -0.1) is 16.7 Å². The average molecular weight is 242 g/mol. The fraction of sp³-hybridized carbons (Fsp3) is 0.200. The van der Waals surface area contributed by atoms with Crippen molar-refractivity contribution in [2.75, 3.05) is 7.11 Å². The largest absolute Gasteiger partial charge is 0.497 e. The summed E-state index contributed by atoms with van der Waals surface area (Å²) >= 11 is 5.69. The van der Waals surface area contributed by atoms with Gasteiger partial charge < -0.3 is 4.74 Å². The van der Waals surface area contributed by atoms with Crippen LogP contribution in [0.25, 0.3) is 5.69 Å². The summed E-state index contributed by atoms with van der Waals surface area (Å²) in [6.45, 7) is 0. The summed E-state index contributed by atoms with van der Waals surface area (Å²) in [5, 5.41) is 7.47. The molecule has 1 aromatic heterocycles. The molecule has 0 aliphatic carbocycles. The van der Waals surface area contributed by atoms with E-state index in [0.717, 1.165) is 0 Å². The van der Waals surface area contributed by atoms with E-state index in [9.17, 15) is 4.39 Å². The van der Waals surface area contributed by atoms with E-state index in [-0.39, 0.29) is 11.6 Å². The van der Waals surface area contributed by atoms with E-state index in [0.29, 0.717) is 11.4 Å². The van der Waals surface area contributed by atoms with Crippen LogP contribution in [0.4, 0.5) is 4.39 Å². The van der Waals surface area contributed by atoms with Crippen molar-refractivity contribution >= 4 is 11.6 Å². The molecule has 6 heteroatoms. The SMILES string of the molecule is COc1ccc(F)c(-n2nncc2CCl)c1. The number of nitrogens with zero attached hydrogens (tertiary/aromatic N) is 3. The number of aromatic nitrogens is 3. The zero-order chi connectivity index (χ0) is 11.5. The Hall–Kier alpha value is -1.62. The van der Waals surface area contributed by atoms with E-state index in [4.69, 9.17) is 16.3 Å². The highest BCUT2D eigenvalue weighted by molar-refractivity contribution is 6.16.